The third kappa shape index (κ3) is 6.54. The second-order valence-corrected chi connectivity index (χ2v) is 6.33. The number of rotatable bonds is 11. The Hall–Kier alpha value is -0.0231. The molecule has 0 aromatic heterocycles. The Balaban J connectivity index is 3.67. The van der Waals surface area contributed by atoms with Gasteiger partial charge in [0, 0.05) is 33.4 Å². The topological polar surface area (TPSA) is 77.8 Å². The molecule has 0 amide bonds. The molecule has 0 aliphatic heterocycles. The SMILES string of the molecule is CNCCNCCC[Si](OC)(OC)OCN. The van der Waals surface area contributed by atoms with Crippen LogP contribution in [0, 0.1) is 0 Å². The smallest absolute Gasteiger partial charge is 0.377 e. The Labute approximate surface area is 99.2 Å². The van der Waals surface area contributed by atoms with Gasteiger partial charge in [0.05, 0.1) is 6.73 Å². The van der Waals surface area contributed by atoms with E-state index >= 15 is 0 Å². The largest absolute Gasteiger partial charge is 0.501 e. The van der Waals surface area contributed by atoms with Gasteiger partial charge in [-0.05, 0) is 20.0 Å². The van der Waals surface area contributed by atoms with Crippen LogP contribution in [0.15, 0.2) is 0 Å². The lowest BCUT2D eigenvalue weighted by Crippen LogP contribution is -2.45. The quantitative estimate of drug-likeness (QED) is 0.257. The lowest BCUT2D eigenvalue weighted by atomic mass is 10.4. The summed E-state index contributed by atoms with van der Waals surface area (Å²) in [6.45, 7) is 3.00. The van der Waals surface area contributed by atoms with Gasteiger partial charge in [0.2, 0.25) is 0 Å². The molecule has 6 nitrogen and oxygen atoms in total. The molecular weight excluding hydrogens is 226 g/mol. The third-order valence-corrected chi connectivity index (χ3v) is 5.13. The molecule has 16 heavy (non-hydrogen) atoms. The minimum atomic E-state index is -2.49. The fourth-order valence-electron chi connectivity index (χ4n) is 1.37. The predicted octanol–water partition coefficient (Wildman–Crippen LogP) is -0.650. The molecule has 0 aliphatic rings. The summed E-state index contributed by atoms with van der Waals surface area (Å²) in [6.07, 6.45) is 0.956. The molecule has 0 aromatic rings. The molecule has 0 bridgehead atoms. The lowest BCUT2D eigenvalue weighted by Gasteiger charge is -2.25. The van der Waals surface area contributed by atoms with Crippen molar-refractivity contribution >= 4 is 8.80 Å². The zero-order valence-corrected chi connectivity index (χ0v) is 11.5. The van der Waals surface area contributed by atoms with Crippen LogP contribution in [-0.4, -0.2) is 56.4 Å². The van der Waals surface area contributed by atoms with Crippen molar-refractivity contribution in [2.45, 2.75) is 12.5 Å². The Morgan fingerprint density at radius 2 is 1.81 bits per heavy atom. The van der Waals surface area contributed by atoms with Crippen molar-refractivity contribution in [2.75, 3.05) is 47.6 Å². The first kappa shape index (κ1) is 16.0. The second-order valence-electron chi connectivity index (χ2n) is 3.36. The number of likely N-dealkylation sites (N-methyl/N-ethyl adjacent to an activating group) is 1. The van der Waals surface area contributed by atoms with Gasteiger partial charge in [-0.1, -0.05) is 0 Å². The molecule has 0 rings (SSSR count). The summed E-state index contributed by atoms with van der Waals surface area (Å²) in [7, 11) is 2.66. The van der Waals surface area contributed by atoms with E-state index in [9.17, 15) is 0 Å². The Morgan fingerprint density at radius 3 is 2.31 bits per heavy atom. The molecule has 0 heterocycles. The van der Waals surface area contributed by atoms with Gasteiger partial charge in [-0.2, -0.15) is 0 Å². The normalized spacial score (nSPS) is 12.0. The van der Waals surface area contributed by atoms with E-state index in [-0.39, 0.29) is 6.73 Å². The van der Waals surface area contributed by atoms with Crippen molar-refractivity contribution in [1.29, 1.82) is 0 Å². The predicted molar refractivity (Wildman–Crippen MR) is 66.1 cm³/mol. The molecule has 0 spiro atoms. The van der Waals surface area contributed by atoms with Gasteiger partial charge in [-0.3, -0.25) is 0 Å². The first-order chi connectivity index (χ1) is 7.74. The van der Waals surface area contributed by atoms with Crippen molar-refractivity contribution in [3.05, 3.63) is 0 Å². The van der Waals surface area contributed by atoms with Gasteiger partial charge >= 0.3 is 8.80 Å². The van der Waals surface area contributed by atoms with Crippen LogP contribution in [0.25, 0.3) is 0 Å². The average molecular weight is 251 g/mol. The van der Waals surface area contributed by atoms with Crippen molar-refractivity contribution < 1.29 is 13.3 Å². The molecule has 0 atom stereocenters. The van der Waals surface area contributed by atoms with Crippen LogP contribution in [0.4, 0.5) is 0 Å². The van der Waals surface area contributed by atoms with Gasteiger partial charge in [0.25, 0.3) is 0 Å². The summed E-state index contributed by atoms with van der Waals surface area (Å²) in [4.78, 5) is 0. The highest BCUT2D eigenvalue weighted by molar-refractivity contribution is 6.60. The fraction of sp³-hybridized carbons (Fsp3) is 1.00. The van der Waals surface area contributed by atoms with Crippen molar-refractivity contribution in [3.8, 4) is 0 Å². The highest BCUT2D eigenvalue weighted by Crippen LogP contribution is 2.14. The van der Waals surface area contributed by atoms with Gasteiger partial charge < -0.3 is 29.6 Å². The highest BCUT2D eigenvalue weighted by Gasteiger charge is 2.37. The second kappa shape index (κ2) is 10.2. The Kier molecular flexibility index (Phi) is 10.1. The summed E-state index contributed by atoms with van der Waals surface area (Å²) in [6, 6.07) is 0.782. The number of hydrogen-bond acceptors (Lipinski definition) is 6. The number of nitrogens with two attached hydrogens (primary N) is 1. The third-order valence-electron chi connectivity index (χ3n) is 2.31. The van der Waals surface area contributed by atoms with E-state index in [0.29, 0.717) is 0 Å². The highest BCUT2D eigenvalue weighted by atomic mass is 28.4. The Bertz CT molecular complexity index is 159. The summed E-state index contributed by atoms with van der Waals surface area (Å²) < 4.78 is 16.0. The zero-order chi connectivity index (χ0) is 12.3. The molecule has 98 valence electrons. The van der Waals surface area contributed by atoms with E-state index in [1.54, 1.807) is 14.2 Å². The minimum Gasteiger partial charge on any atom is -0.377 e. The van der Waals surface area contributed by atoms with E-state index < -0.39 is 8.80 Å². The van der Waals surface area contributed by atoms with Gasteiger partial charge in [-0.15, -0.1) is 0 Å². The van der Waals surface area contributed by atoms with Crippen LogP contribution in [0.2, 0.25) is 6.04 Å². The molecule has 0 aliphatic carbocycles. The maximum absolute atomic E-state index is 5.39. The van der Waals surface area contributed by atoms with Gasteiger partial charge in [0.1, 0.15) is 0 Å². The zero-order valence-electron chi connectivity index (χ0n) is 10.5. The molecule has 4 N–H and O–H groups in total. The van der Waals surface area contributed by atoms with Gasteiger partial charge in [-0.25, -0.2) is 0 Å². The molecule has 0 aromatic carbocycles. The van der Waals surface area contributed by atoms with Crippen LogP contribution in [0.3, 0.4) is 0 Å². The van der Waals surface area contributed by atoms with E-state index in [1.165, 1.54) is 0 Å². The van der Waals surface area contributed by atoms with Crippen LogP contribution in [0.1, 0.15) is 6.42 Å². The first-order valence-electron chi connectivity index (χ1n) is 5.54. The van der Waals surface area contributed by atoms with E-state index in [2.05, 4.69) is 10.6 Å². The van der Waals surface area contributed by atoms with E-state index in [4.69, 9.17) is 19.0 Å². The number of hydrogen-bond donors (Lipinski definition) is 3. The maximum Gasteiger partial charge on any atom is 0.501 e. The maximum atomic E-state index is 5.39. The summed E-state index contributed by atoms with van der Waals surface area (Å²) in [5.74, 6) is 0. The van der Waals surface area contributed by atoms with Crippen LogP contribution < -0.4 is 16.4 Å². The average Bonchev–Trinajstić information content (AvgIpc) is 2.32. The number of nitrogens with one attached hydrogen (secondary N) is 2. The van der Waals surface area contributed by atoms with Crippen LogP contribution in [-0.2, 0) is 13.3 Å². The molecule has 0 saturated carbocycles. The summed E-state index contributed by atoms with van der Waals surface area (Å²) in [5.41, 5.74) is 5.36. The Morgan fingerprint density at radius 1 is 1.12 bits per heavy atom. The monoisotopic (exact) mass is 251 g/mol. The van der Waals surface area contributed by atoms with Gasteiger partial charge in [0.15, 0.2) is 0 Å². The molecule has 0 saturated heterocycles. The molecule has 0 unspecified atom stereocenters. The molecular formula is C9H25N3O3Si. The summed E-state index contributed by atoms with van der Waals surface area (Å²) >= 11 is 0. The first-order valence-corrected chi connectivity index (χ1v) is 7.47. The van der Waals surface area contributed by atoms with E-state index in [1.807, 2.05) is 7.05 Å². The molecule has 0 radical (unpaired) electrons. The molecule has 0 fully saturated rings. The lowest BCUT2D eigenvalue weighted by molar-refractivity contribution is 0.100. The van der Waals surface area contributed by atoms with Crippen molar-refractivity contribution in [1.82, 2.24) is 10.6 Å². The summed E-state index contributed by atoms with van der Waals surface area (Å²) in [5, 5.41) is 6.38. The van der Waals surface area contributed by atoms with Crippen molar-refractivity contribution in [2.24, 2.45) is 5.73 Å². The fourth-order valence-corrected chi connectivity index (χ4v) is 3.19. The van der Waals surface area contributed by atoms with E-state index in [0.717, 1.165) is 32.1 Å². The minimum absolute atomic E-state index is 0.140. The van der Waals surface area contributed by atoms with Crippen LogP contribution in [0.5, 0.6) is 0 Å². The standard InChI is InChI=1S/C9H25N3O3Si/c1-11-6-7-12-5-4-8-16(13-2,14-3)15-9-10/h11-12H,4-10H2,1-3H3. The van der Waals surface area contributed by atoms with Crippen molar-refractivity contribution in [3.63, 3.8) is 0 Å². The van der Waals surface area contributed by atoms with Crippen LogP contribution >= 0.6 is 0 Å². The molecule has 7 heteroatoms.